The number of amides is 1. The molecule has 0 aliphatic rings. The zero-order valence-electron chi connectivity index (χ0n) is 11.9. The van der Waals surface area contributed by atoms with Gasteiger partial charge in [-0.2, -0.15) is 0 Å². The molecule has 0 aliphatic heterocycles. The van der Waals surface area contributed by atoms with Crippen LogP contribution in [0.3, 0.4) is 0 Å². The van der Waals surface area contributed by atoms with Gasteiger partial charge < -0.3 is 5.32 Å². The molecule has 0 unspecified atom stereocenters. The molecule has 0 saturated carbocycles. The summed E-state index contributed by atoms with van der Waals surface area (Å²) in [5.74, 6) is 0.243. The van der Waals surface area contributed by atoms with E-state index in [1.807, 2.05) is 23.6 Å². The van der Waals surface area contributed by atoms with Crippen LogP contribution < -0.4 is 5.32 Å². The number of nitrogens with zero attached hydrogens (tertiary/aromatic N) is 1. The molecular weight excluding hydrogens is 268 g/mol. The van der Waals surface area contributed by atoms with Crippen LogP contribution in [0.4, 0.5) is 0 Å². The zero-order chi connectivity index (χ0) is 14.4. The molecule has 0 fully saturated rings. The smallest absolute Gasteiger partial charge is 0.223 e. The second-order valence-corrected chi connectivity index (χ2v) is 5.67. The minimum Gasteiger partial charge on any atom is -0.352 e. The average molecular weight is 288 g/mol. The molecule has 20 heavy (non-hydrogen) atoms. The minimum atomic E-state index is 0.108. The van der Waals surface area contributed by atoms with Crippen LogP contribution in [0.1, 0.15) is 32.3 Å². The maximum atomic E-state index is 12.0. The molecule has 0 bridgehead atoms. The Labute approximate surface area is 124 Å². The standard InChI is InChI=1S/C16H20N2OS/c1-3-12(4-2)16(19)18-11-13-7-5-9-17-15(13)14-8-6-10-20-14/h5-10,12H,3-4,11H2,1-2H3,(H,18,19). The Hall–Kier alpha value is -1.68. The predicted octanol–water partition coefficient (Wildman–Crippen LogP) is 3.86. The summed E-state index contributed by atoms with van der Waals surface area (Å²) in [6.07, 6.45) is 3.56. The lowest BCUT2D eigenvalue weighted by atomic mass is 10.0. The van der Waals surface area contributed by atoms with Crippen molar-refractivity contribution in [3.8, 4) is 10.6 Å². The highest BCUT2D eigenvalue weighted by Crippen LogP contribution is 2.25. The molecule has 0 aromatic carbocycles. The maximum absolute atomic E-state index is 12.0. The summed E-state index contributed by atoms with van der Waals surface area (Å²) in [5, 5.41) is 5.07. The first-order valence-corrected chi connectivity index (χ1v) is 7.89. The Bertz CT molecular complexity index is 547. The van der Waals surface area contributed by atoms with Crippen molar-refractivity contribution in [2.24, 2.45) is 5.92 Å². The number of aromatic nitrogens is 1. The first kappa shape index (κ1) is 14.7. The lowest BCUT2D eigenvalue weighted by Gasteiger charge is -2.13. The Morgan fingerprint density at radius 1 is 1.30 bits per heavy atom. The Morgan fingerprint density at radius 3 is 2.75 bits per heavy atom. The van der Waals surface area contributed by atoms with Crippen molar-refractivity contribution < 1.29 is 4.79 Å². The van der Waals surface area contributed by atoms with Crippen LogP contribution in [0.2, 0.25) is 0 Å². The highest BCUT2D eigenvalue weighted by atomic mass is 32.1. The van der Waals surface area contributed by atoms with E-state index < -0.39 is 0 Å². The van der Waals surface area contributed by atoms with Crippen molar-refractivity contribution in [2.45, 2.75) is 33.2 Å². The summed E-state index contributed by atoms with van der Waals surface area (Å²) >= 11 is 1.66. The van der Waals surface area contributed by atoms with Crippen LogP contribution in [0.5, 0.6) is 0 Å². The third-order valence-corrected chi connectivity index (χ3v) is 4.33. The monoisotopic (exact) mass is 288 g/mol. The number of thiophene rings is 1. The van der Waals surface area contributed by atoms with Crippen LogP contribution in [0.15, 0.2) is 35.8 Å². The van der Waals surface area contributed by atoms with E-state index in [4.69, 9.17) is 0 Å². The Morgan fingerprint density at radius 2 is 2.10 bits per heavy atom. The maximum Gasteiger partial charge on any atom is 0.223 e. The van der Waals surface area contributed by atoms with Crippen molar-refractivity contribution >= 4 is 17.2 Å². The van der Waals surface area contributed by atoms with Crippen molar-refractivity contribution in [1.82, 2.24) is 10.3 Å². The van der Waals surface area contributed by atoms with Crippen molar-refractivity contribution in [3.05, 3.63) is 41.4 Å². The normalized spacial score (nSPS) is 10.8. The average Bonchev–Trinajstić information content (AvgIpc) is 3.01. The SMILES string of the molecule is CCC(CC)C(=O)NCc1cccnc1-c1cccs1. The van der Waals surface area contributed by atoms with Gasteiger partial charge in [-0.3, -0.25) is 9.78 Å². The molecule has 106 valence electrons. The highest BCUT2D eigenvalue weighted by Gasteiger charge is 2.14. The Kier molecular flexibility index (Phi) is 5.30. The zero-order valence-corrected chi connectivity index (χ0v) is 12.7. The molecule has 0 aliphatic carbocycles. The van der Waals surface area contributed by atoms with Gasteiger partial charge in [-0.05, 0) is 35.9 Å². The minimum absolute atomic E-state index is 0.108. The number of hydrogen-bond donors (Lipinski definition) is 1. The molecule has 2 aromatic rings. The number of carbonyl (C=O) groups excluding carboxylic acids is 1. The first-order valence-electron chi connectivity index (χ1n) is 7.01. The number of pyridine rings is 1. The molecular formula is C16H20N2OS. The molecule has 4 heteroatoms. The fraction of sp³-hybridized carbons (Fsp3) is 0.375. The molecule has 1 N–H and O–H groups in total. The molecule has 0 radical (unpaired) electrons. The van der Waals surface area contributed by atoms with Crippen LogP contribution in [-0.2, 0) is 11.3 Å². The summed E-state index contributed by atoms with van der Waals surface area (Å²) < 4.78 is 0. The summed E-state index contributed by atoms with van der Waals surface area (Å²) in [7, 11) is 0. The number of carbonyl (C=O) groups is 1. The molecule has 0 spiro atoms. The summed E-state index contributed by atoms with van der Waals surface area (Å²) in [4.78, 5) is 17.6. The quantitative estimate of drug-likeness (QED) is 0.877. The molecule has 0 saturated heterocycles. The molecule has 1 amide bonds. The second kappa shape index (κ2) is 7.20. The van der Waals surface area contributed by atoms with Gasteiger partial charge in [-0.1, -0.05) is 26.0 Å². The molecule has 0 atom stereocenters. The largest absolute Gasteiger partial charge is 0.352 e. The van der Waals surface area contributed by atoms with E-state index in [2.05, 4.69) is 30.2 Å². The van der Waals surface area contributed by atoms with E-state index in [-0.39, 0.29) is 11.8 Å². The van der Waals surface area contributed by atoms with E-state index in [0.717, 1.165) is 29.0 Å². The Balaban J connectivity index is 2.09. The lowest BCUT2D eigenvalue weighted by molar-refractivity contribution is -0.125. The predicted molar refractivity (Wildman–Crippen MR) is 83.5 cm³/mol. The highest BCUT2D eigenvalue weighted by molar-refractivity contribution is 7.13. The van der Waals surface area contributed by atoms with E-state index >= 15 is 0 Å². The molecule has 2 aromatic heterocycles. The number of hydrogen-bond acceptors (Lipinski definition) is 3. The number of rotatable bonds is 6. The van der Waals surface area contributed by atoms with E-state index in [0.29, 0.717) is 6.54 Å². The van der Waals surface area contributed by atoms with E-state index in [1.54, 1.807) is 17.5 Å². The van der Waals surface area contributed by atoms with Gasteiger partial charge in [0.05, 0.1) is 10.6 Å². The molecule has 3 nitrogen and oxygen atoms in total. The van der Waals surface area contributed by atoms with Crippen molar-refractivity contribution in [2.75, 3.05) is 0 Å². The van der Waals surface area contributed by atoms with Gasteiger partial charge in [0.2, 0.25) is 5.91 Å². The summed E-state index contributed by atoms with van der Waals surface area (Å²) in [5.41, 5.74) is 2.03. The number of nitrogens with one attached hydrogen (secondary N) is 1. The molecule has 2 heterocycles. The van der Waals surface area contributed by atoms with Crippen molar-refractivity contribution in [1.29, 1.82) is 0 Å². The van der Waals surface area contributed by atoms with E-state index in [1.165, 1.54) is 0 Å². The van der Waals surface area contributed by atoms with E-state index in [9.17, 15) is 4.79 Å². The third-order valence-electron chi connectivity index (χ3n) is 3.46. The van der Waals surface area contributed by atoms with Crippen molar-refractivity contribution in [3.63, 3.8) is 0 Å². The van der Waals surface area contributed by atoms with Gasteiger partial charge >= 0.3 is 0 Å². The fourth-order valence-corrected chi connectivity index (χ4v) is 2.96. The van der Waals surface area contributed by atoms with Gasteiger partial charge in [0.1, 0.15) is 0 Å². The van der Waals surface area contributed by atoms with Gasteiger partial charge in [0.15, 0.2) is 0 Å². The van der Waals surface area contributed by atoms with Gasteiger partial charge in [-0.15, -0.1) is 11.3 Å². The van der Waals surface area contributed by atoms with Gasteiger partial charge in [0.25, 0.3) is 0 Å². The van der Waals surface area contributed by atoms with Gasteiger partial charge in [-0.25, -0.2) is 0 Å². The van der Waals surface area contributed by atoms with Crippen LogP contribution in [-0.4, -0.2) is 10.9 Å². The fourth-order valence-electron chi connectivity index (χ4n) is 2.20. The first-order chi connectivity index (χ1) is 9.76. The van der Waals surface area contributed by atoms with Crippen LogP contribution >= 0.6 is 11.3 Å². The topological polar surface area (TPSA) is 42.0 Å². The van der Waals surface area contributed by atoms with Gasteiger partial charge in [0, 0.05) is 18.7 Å². The molecule has 2 rings (SSSR count). The lowest BCUT2D eigenvalue weighted by Crippen LogP contribution is -2.29. The second-order valence-electron chi connectivity index (χ2n) is 4.72. The summed E-state index contributed by atoms with van der Waals surface area (Å²) in [6, 6.07) is 8.01. The summed E-state index contributed by atoms with van der Waals surface area (Å²) in [6.45, 7) is 4.64. The van der Waals surface area contributed by atoms with Crippen LogP contribution in [0, 0.1) is 5.92 Å². The third kappa shape index (κ3) is 3.45. The van der Waals surface area contributed by atoms with Crippen LogP contribution in [0.25, 0.3) is 10.6 Å².